The van der Waals surface area contributed by atoms with Gasteiger partial charge in [-0.05, 0) is 68.7 Å². The van der Waals surface area contributed by atoms with Gasteiger partial charge in [-0.3, -0.25) is 4.79 Å². The van der Waals surface area contributed by atoms with Gasteiger partial charge < -0.3 is 10.1 Å². The third-order valence-electron chi connectivity index (χ3n) is 5.22. The van der Waals surface area contributed by atoms with E-state index in [2.05, 4.69) is 15.4 Å². The quantitative estimate of drug-likeness (QED) is 0.363. The number of amides is 1. The Morgan fingerprint density at radius 3 is 2.53 bits per heavy atom. The smallest absolute Gasteiger partial charge is 0.224 e. The maximum atomic E-state index is 12.4. The van der Waals surface area contributed by atoms with Gasteiger partial charge in [0.25, 0.3) is 0 Å². The van der Waals surface area contributed by atoms with Gasteiger partial charge in [0.1, 0.15) is 5.75 Å². The van der Waals surface area contributed by atoms with E-state index >= 15 is 0 Å². The molecule has 0 aliphatic heterocycles. The topological polar surface area (TPSA) is 69.0 Å². The summed E-state index contributed by atoms with van der Waals surface area (Å²) in [5.41, 5.74) is 5.17. The minimum absolute atomic E-state index is 0.0775. The number of carbonyl (C=O) groups excluding carboxylic acids is 1. The Morgan fingerprint density at radius 1 is 1.09 bits per heavy atom. The summed E-state index contributed by atoms with van der Waals surface area (Å²) in [5.74, 6) is 0.691. The predicted molar refractivity (Wildman–Crippen MR) is 128 cm³/mol. The van der Waals surface area contributed by atoms with Gasteiger partial charge >= 0.3 is 0 Å². The van der Waals surface area contributed by atoms with E-state index in [9.17, 15) is 4.79 Å². The first-order chi connectivity index (χ1) is 15.4. The molecule has 1 amide bonds. The second kappa shape index (κ2) is 9.40. The summed E-state index contributed by atoms with van der Waals surface area (Å²) in [6, 6.07) is 15.6. The summed E-state index contributed by atoms with van der Waals surface area (Å²) in [5, 5.41) is 9.19. The Morgan fingerprint density at radius 2 is 1.81 bits per heavy atom. The summed E-state index contributed by atoms with van der Waals surface area (Å²) in [7, 11) is 0. The minimum Gasteiger partial charge on any atom is -0.494 e. The highest BCUT2D eigenvalue weighted by Crippen LogP contribution is 2.26. The number of rotatable bonds is 7. The number of aryl methyl sites for hydroxylation is 3. The molecule has 0 bridgehead atoms. The molecule has 2 aromatic carbocycles. The van der Waals surface area contributed by atoms with Gasteiger partial charge in [0.15, 0.2) is 5.65 Å². The molecule has 0 saturated carbocycles. The van der Waals surface area contributed by atoms with Crippen molar-refractivity contribution >= 4 is 34.2 Å². The molecule has 6 nitrogen and oxygen atoms in total. The lowest BCUT2D eigenvalue weighted by molar-refractivity contribution is -0.116. The molecule has 1 N–H and O–H groups in total. The molecule has 2 heterocycles. The van der Waals surface area contributed by atoms with Crippen molar-refractivity contribution in [3.63, 3.8) is 0 Å². The lowest BCUT2D eigenvalue weighted by Gasteiger charge is -2.10. The van der Waals surface area contributed by atoms with Crippen molar-refractivity contribution in [1.82, 2.24) is 14.8 Å². The summed E-state index contributed by atoms with van der Waals surface area (Å²) >= 11 is 6.19. The second-order valence-corrected chi connectivity index (χ2v) is 8.18. The Labute approximate surface area is 192 Å². The molecule has 2 aromatic heterocycles. The summed E-state index contributed by atoms with van der Waals surface area (Å²) in [6.45, 7) is 6.29. The monoisotopic (exact) mass is 448 g/mol. The SMILES string of the molecule is Cc1cc(OCCCC(=O)Nc2cnc3c(c2)c(C)nn3-c2ccccc2)cc(C)c1Cl. The van der Waals surface area contributed by atoms with E-state index < -0.39 is 0 Å². The molecular weight excluding hydrogens is 424 g/mol. The highest BCUT2D eigenvalue weighted by atomic mass is 35.5. The molecule has 0 fully saturated rings. The fraction of sp³-hybridized carbons (Fsp3) is 0.240. The predicted octanol–water partition coefficient (Wildman–Crippen LogP) is 5.80. The first-order valence-corrected chi connectivity index (χ1v) is 10.9. The number of hydrogen-bond acceptors (Lipinski definition) is 4. The number of para-hydroxylation sites is 1. The lowest BCUT2D eigenvalue weighted by Crippen LogP contribution is -2.13. The van der Waals surface area contributed by atoms with E-state index in [0.717, 1.165) is 44.3 Å². The van der Waals surface area contributed by atoms with E-state index in [0.29, 0.717) is 25.1 Å². The molecule has 0 spiro atoms. The molecule has 7 heteroatoms. The number of halogens is 1. The van der Waals surface area contributed by atoms with Crippen molar-refractivity contribution < 1.29 is 9.53 Å². The number of pyridine rings is 1. The molecule has 4 aromatic rings. The Hall–Kier alpha value is -3.38. The van der Waals surface area contributed by atoms with Crippen molar-refractivity contribution in [3.05, 3.63) is 76.6 Å². The van der Waals surface area contributed by atoms with Crippen LogP contribution in [0.25, 0.3) is 16.7 Å². The van der Waals surface area contributed by atoms with E-state index in [-0.39, 0.29) is 5.91 Å². The standard InChI is InChI=1S/C25H25ClN4O2/c1-16-12-21(13-17(2)24(16)26)32-11-7-10-23(31)28-19-14-22-18(3)29-30(25(22)27-15-19)20-8-5-4-6-9-20/h4-6,8-9,12-15H,7,10-11H2,1-3H3,(H,28,31). The zero-order valence-electron chi connectivity index (χ0n) is 18.4. The number of fused-ring (bicyclic) bond motifs is 1. The molecule has 0 unspecified atom stereocenters. The first-order valence-electron chi connectivity index (χ1n) is 10.5. The fourth-order valence-electron chi connectivity index (χ4n) is 3.60. The highest BCUT2D eigenvalue weighted by molar-refractivity contribution is 6.32. The molecule has 0 atom stereocenters. The van der Waals surface area contributed by atoms with Crippen molar-refractivity contribution in [2.75, 3.05) is 11.9 Å². The molecular formula is C25H25ClN4O2. The van der Waals surface area contributed by atoms with Crippen molar-refractivity contribution in [2.45, 2.75) is 33.6 Å². The molecule has 0 aliphatic carbocycles. The third kappa shape index (κ3) is 4.75. The average molecular weight is 449 g/mol. The molecule has 164 valence electrons. The van der Waals surface area contributed by atoms with Crippen molar-refractivity contribution in [2.24, 2.45) is 0 Å². The summed E-state index contributed by atoms with van der Waals surface area (Å²) in [4.78, 5) is 16.9. The lowest BCUT2D eigenvalue weighted by atomic mass is 10.1. The number of benzene rings is 2. The van der Waals surface area contributed by atoms with Crippen LogP contribution in [0.2, 0.25) is 5.02 Å². The van der Waals surface area contributed by atoms with Crippen LogP contribution >= 0.6 is 11.6 Å². The number of hydrogen-bond donors (Lipinski definition) is 1. The maximum absolute atomic E-state index is 12.4. The van der Waals surface area contributed by atoms with Crippen LogP contribution < -0.4 is 10.1 Å². The van der Waals surface area contributed by atoms with Gasteiger partial charge in [0, 0.05) is 16.8 Å². The van der Waals surface area contributed by atoms with E-state index in [4.69, 9.17) is 16.3 Å². The Kier molecular flexibility index (Phi) is 6.42. The molecule has 0 radical (unpaired) electrons. The van der Waals surface area contributed by atoms with Gasteiger partial charge in [-0.25, -0.2) is 9.67 Å². The van der Waals surface area contributed by atoms with E-state index in [1.165, 1.54) is 0 Å². The van der Waals surface area contributed by atoms with E-state index in [1.54, 1.807) is 6.20 Å². The Balaban J connectivity index is 1.35. The third-order valence-corrected chi connectivity index (χ3v) is 5.81. The summed E-state index contributed by atoms with van der Waals surface area (Å²) < 4.78 is 7.59. The molecule has 32 heavy (non-hydrogen) atoms. The number of aromatic nitrogens is 3. The van der Waals surface area contributed by atoms with Crippen molar-refractivity contribution in [1.29, 1.82) is 0 Å². The molecule has 4 rings (SSSR count). The average Bonchev–Trinajstić information content (AvgIpc) is 3.11. The van der Waals surface area contributed by atoms with Gasteiger partial charge in [0.05, 0.1) is 29.9 Å². The number of carbonyl (C=O) groups is 1. The number of nitrogens with one attached hydrogen (secondary N) is 1. The van der Waals surface area contributed by atoms with Crippen LogP contribution in [0.1, 0.15) is 29.7 Å². The molecule has 0 saturated heterocycles. The maximum Gasteiger partial charge on any atom is 0.224 e. The number of nitrogens with zero attached hydrogens (tertiary/aromatic N) is 3. The van der Waals surface area contributed by atoms with Crippen LogP contribution in [0.5, 0.6) is 5.75 Å². The van der Waals surface area contributed by atoms with Crippen LogP contribution in [0, 0.1) is 20.8 Å². The second-order valence-electron chi connectivity index (χ2n) is 7.80. The van der Waals surface area contributed by atoms with Gasteiger partial charge in [0.2, 0.25) is 5.91 Å². The van der Waals surface area contributed by atoms with Gasteiger partial charge in [-0.1, -0.05) is 29.8 Å². The zero-order chi connectivity index (χ0) is 22.7. The van der Waals surface area contributed by atoms with Crippen LogP contribution in [-0.4, -0.2) is 27.3 Å². The zero-order valence-corrected chi connectivity index (χ0v) is 19.1. The first kappa shape index (κ1) is 21.8. The van der Waals surface area contributed by atoms with Crippen LogP contribution in [0.4, 0.5) is 5.69 Å². The van der Waals surface area contributed by atoms with E-state index in [1.807, 2.05) is 74.0 Å². The largest absolute Gasteiger partial charge is 0.494 e. The van der Waals surface area contributed by atoms with Crippen LogP contribution in [0.3, 0.4) is 0 Å². The highest BCUT2D eigenvalue weighted by Gasteiger charge is 2.12. The Bertz CT molecular complexity index is 1240. The van der Waals surface area contributed by atoms with Gasteiger partial charge in [-0.2, -0.15) is 5.10 Å². The van der Waals surface area contributed by atoms with Crippen LogP contribution in [0.15, 0.2) is 54.7 Å². The van der Waals surface area contributed by atoms with Crippen LogP contribution in [-0.2, 0) is 4.79 Å². The number of ether oxygens (including phenoxy) is 1. The molecule has 0 aliphatic rings. The fourth-order valence-corrected chi connectivity index (χ4v) is 3.71. The van der Waals surface area contributed by atoms with Crippen molar-refractivity contribution in [3.8, 4) is 11.4 Å². The minimum atomic E-state index is -0.0775. The van der Waals surface area contributed by atoms with Gasteiger partial charge in [-0.15, -0.1) is 0 Å². The summed E-state index contributed by atoms with van der Waals surface area (Å²) in [6.07, 6.45) is 2.62. The number of anilines is 1. The normalized spacial score (nSPS) is 11.0.